The van der Waals surface area contributed by atoms with E-state index in [9.17, 15) is 4.39 Å². The molecule has 4 rings (SSSR count). The summed E-state index contributed by atoms with van der Waals surface area (Å²) in [7, 11) is 0. The number of unbranched alkanes of at least 4 members (excludes halogenated alkanes) is 4. The average Bonchev–Trinajstić information content (AvgIpc) is 2.79. The number of fused-ring (bicyclic) bond motifs is 1. The van der Waals surface area contributed by atoms with E-state index in [0.29, 0.717) is 5.92 Å². The maximum absolute atomic E-state index is 13.3. The Kier molecular flexibility index (Phi) is 8.30. The van der Waals surface area contributed by atoms with Crippen LogP contribution in [0.15, 0.2) is 24.3 Å². The van der Waals surface area contributed by atoms with Crippen molar-refractivity contribution >= 4 is 0 Å². The standard InChI is InChI=1S/C29H45F/c1-2-3-4-5-6-7-22-8-10-23(11-9-22)25-12-14-28-21-26(13-15-27(28)20-25)24-16-18-29(30)19-17-24/h16-19,22-23,25-28H,2-15,20-21H2,1H3. The zero-order valence-electron chi connectivity index (χ0n) is 19.5. The Morgan fingerprint density at radius 3 is 2.00 bits per heavy atom. The molecule has 0 bridgehead atoms. The Bertz CT molecular complexity index is 612. The summed E-state index contributed by atoms with van der Waals surface area (Å²) in [5.74, 6) is 5.61. The largest absolute Gasteiger partial charge is 0.207 e. The highest BCUT2D eigenvalue weighted by atomic mass is 19.1. The number of hydrogen-bond donors (Lipinski definition) is 0. The van der Waals surface area contributed by atoms with Gasteiger partial charge in [0.05, 0.1) is 0 Å². The second kappa shape index (κ2) is 11.1. The molecule has 0 amide bonds. The average molecular weight is 413 g/mol. The van der Waals surface area contributed by atoms with Gasteiger partial charge in [0.2, 0.25) is 0 Å². The van der Waals surface area contributed by atoms with Crippen LogP contribution in [-0.2, 0) is 0 Å². The van der Waals surface area contributed by atoms with Crippen molar-refractivity contribution in [3.8, 4) is 0 Å². The molecule has 4 unspecified atom stereocenters. The number of halogens is 1. The van der Waals surface area contributed by atoms with Gasteiger partial charge in [-0.3, -0.25) is 0 Å². The second-order valence-electron chi connectivity index (χ2n) is 11.1. The van der Waals surface area contributed by atoms with Gasteiger partial charge in [-0.05, 0) is 105 Å². The lowest BCUT2D eigenvalue weighted by Crippen LogP contribution is -2.34. The molecule has 1 aromatic rings. The molecule has 0 N–H and O–H groups in total. The molecule has 4 atom stereocenters. The van der Waals surface area contributed by atoms with Gasteiger partial charge in [-0.25, -0.2) is 4.39 Å². The monoisotopic (exact) mass is 412 g/mol. The molecule has 3 fully saturated rings. The van der Waals surface area contributed by atoms with Crippen LogP contribution >= 0.6 is 0 Å². The molecule has 0 radical (unpaired) electrons. The molecule has 168 valence electrons. The molecule has 0 spiro atoms. The third kappa shape index (κ3) is 5.89. The highest BCUT2D eigenvalue weighted by molar-refractivity contribution is 5.21. The fraction of sp³-hybridized carbons (Fsp3) is 0.793. The molecular weight excluding hydrogens is 367 g/mol. The summed E-state index contributed by atoms with van der Waals surface area (Å²) >= 11 is 0. The van der Waals surface area contributed by atoms with Crippen LogP contribution in [0.3, 0.4) is 0 Å². The molecule has 0 nitrogen and oxygen atoms in total. The minimum Gasteiger partial charge on any atom is -0.207 e. The van der Waals surface area contributed by atoms with Gasteiger partial charge >= 0.3 is 0 Å². The molecule has 3 saturated carbocycles. The summed E-state index contributed by atoms with van der Waals surface area (Å²) in [5.41, 5.74) is 1.38. The minimum atomic E-state index is -0.0980. The van der Waals surface area contributed by atoms with Crippen molar-refractivity contribution in [2.75, 3.05) is 0 Å². The van der Waals surface area contributed by atoms with E-state index in [0.717, 1.165) is 29.6 Å². The number of hydrogen-bond acceptors (Lipinski definition) is 0. The zero-order valence-corrected chi connectivity index (χ0v) is 19.5. The Hall–Kier alpha value is -0.850. The van der Waals surface area contributed by atoms with Crippen LogP contribution in [0.25, 0.3) is 0 Å². The van der Waals surface area contributed by atoms with Crippen molar-refractivity contribution < 1.29 is 4.39 Å². The number of rotatable bonds is 8. The first kappa shape index (κ1) is 22.3. The summed E-state index contributed by atoms with van der Waals surface area (Å²) in [6.07, 6.45) is 23.4. The molecular formula is C29H45F. The summed E-state index contributed by atoms with van der Waals surface area (Å²) in [6.45, 7) is 2.31. The van der Waals surface area contributed by atoms with Gasteiger partial charge in [0.15, 0.2) is 0 Å². The van der Waals surface area contributed by atoms with Crippen LogP contribution in [0.5, 0.6) is 0 Å². The third-order valence-electron chi connectivity index (χ3n) is 9.27. The highest BCUT2D eigenvalue weighted by Gasteiger charge is 2.39. The highest BCUT2D eigenvalue weighted by Crippen LogP contribution is 2.51. The van der Waals surface area contributed by atoms with Crippen LogP contribution < -0.4 is 0 Å². The van der Waals surface area contributed by atoms with E-state index < -0.39 is 0 Å². The molecule has 1 heteroatoms. The second-order valence-corrected chi connectivity index (χ2v) is 11.1. The molecule has 30 heavy (non-hydrogen) atoms. The lowest BCUT2D eigenvalue weighted by molar-refractivity contribution is 0.0710. The van der Waals surface area contributed by atoms with Crippen molar-refractivity contribution in [3.63, 3.8) is 0 Å². The van der Waals surface area contributed by atoms with Crippen molar-refractivity contribution in [3.05, 3.63) is 35.6 Å². The van der Waals surface area contributed by atoms with Crippen molar-refractivity contribution in [2.45, 2.75) is 116 Å². The van der Waals surface area contributed by atoms with Gasteiger partial charge in [-0.2, -0.15) is 0 Å². The van der Waals surface area contributed by atoms with Crippen molar-refractivity contribution in [1.82, 2.24) is 0 Å². The van der Waals surface area contributed by atoms with Crippen LogP contribution in [0.1, 0.15) is 121 Å². The summed E-state index contributed by atoms with van der Waals surface area (Å²) in [6, 6.07) is 7.38. The van der Waals surface area contributed by atoms with Gasteiger partial charge in [-0.15, -0.1) is 0 Å². The Morgan fingerprint density at radius 2 is 1.27 bits per heavy atom. The van der Waals surface area contributed by atoms with E-state index in [1.165, 1.54) is 108 Å². The summed E-state index contributed by atoms with van der Waals surface area (Å²) in [5, 5.41) is 0. The van der Waals surface area contributed by atoms with Gasteiger partial charge in [0.1, 0.15) is 5.82 Å². The fourth-order valence-corrected chi connectivity index (χ4v) is 7.38. The smallest absolute Gasteiger partial charge is 0.123 e. The fourth-order valence-electron chi connectivity index (χ4n) is 7.38. The van der Waals surface area contributed by atoms with E-state index >= 15 is 0 Å². The van der Waals surface area contributed by atoms with Crippen LogP contribution in [0.4, 0.5) is 4.39 Å². The van der Waals surface area contributed by atoms with Gasteiger partial charge in [-0.1, -0.05) is 70.4 Å². The molecule has 0 saturated heterocycles. The topological polar surface area (TPSA) is 0 Å². The Balaban J connectivity index is 1.18. The predicted octanol–water partition coefficient (Wildman–Crippen LogP) is 9.29. The normalized spacial score (nSPS) is 34.5. The van der Waals surface area contributed by atoms with Gasteiger partial charge in [0.25, 0.3) is 0 Å². The van der Waals surface area contributed by atoms with Crippen LogP contribution in [0.2, 0.25) is 0 Å². The van der Waals surface area contributed by atoms with Crippen molar-refractivity contribution in [2.24, 2.45) is 29.6 Å². The Labute approximate surface area is 185 Å². The predicted molar refractivity (Wildman–Crippen MR) is 126 cm³/mol. The first-order valence-corrected chi connectivity index (χ1v) is 13.5. The quantitative estimate of drug-likeness (QED) is 0.373. The minimum absolute atomic E-state index is 0.0980. The first-order chi connectivity index (χ1) is 14.7. The molecule has 3 aliphatic carbocycles. The summed E-state index contributed by atoms with van der Waals surface area (Å²) in [4.78, 5) is 0. The van der Waals surface area contributed by atoms with Crippen molar-refractivity contribution in [1.29, 1.82) is 0 Å². The van der Waals surface area contributed by atoms with E-state index in [2.05, 4.69) is 6.92 Å². The van der Waals surface area contributed by atoms with Gasteiger partial charge in [0, 0.05) is 0 Å². The number of benzene rings is 1. The third-order valence-corrected chi connectivity index (χ3v) is 9.27. The lowest BCUT2D eigenvalue weighted by Gasteiger charge is -2.45. The molecule has 3 aliphatic rings. The first-order valence-electron chi connectivity index (χ1n) is 13.5. The summed E-state index contributed by atoms with van der Waals surface area (Å²) < 4.78 is 13.3. The van der Waals surface area contributed by atoms with E-state index in [1.54, 1.807) is 12.1 Å². The van der Waals surface area contributed by atoms with Crippen LogP contribution in [-0.4, -0.2) is 0 Å². The lowest BCUT2D eigenvalue weighted by atomic mass is 9.60. The maximum atomic E-state index is 13.3. The van der Waals surface area contributed by atoms with E-state index in [-0.39, 0.29) is 5.82 Å². The molecule has 0 aromatic heterocycles. The van der Waals surface area contributed by atoms with E-state index in [1.807, 2.05) is 12.1 Å². The SMILES string of the molecule is CCCCCCCC1CCC(C2CCC3CC(c4ccc(F)cc4)CCC3C2)CC1. The van der Waals surface area contributed by atoms with Crippen LogP contribution in [0, 0.1) is 35.4 Å². The molecule has 0 aliphatic heterocycles. The zero-order chi connectivity index (χ0) is 20.8. The Morgan fingerprint density at radius 1 is 0.667 bits per heavy atom. The molecule has 0 heterocycles. The van der Waals surface area contributed by atoms with E-state index in [4.69, 9.17) is 0 Å². The molecule has 1 aromatic carbocycles. The maximum Gasteiger partial charge on any atom is 0.123 e. The van der Waals surface area contributed by atoms with Gasteiger partial charge < -0.3 is 0 Å².